The maximum atomic E-state index is 12.1. The maximum Gasteiger partial charge on any atom is 0.159 e. The van der Waals surface area contributed by atoms with Crippen LogP contribution in [-0.4, -0.2) is 24.2 Å². The molecule has 1 aliphatic carbocycles. The lowest BCUT2D eigenvalue weighted by atomic mass is 10.2. The molecule has 5 nitrogen and oxygen atoms in total. The number of nitrogens with zero attached hydrogens (tertiary/aromatic N) is 3. The fraction of sp³-hybridized carbons (Fsp3) is 0.467. The van der Waals surface area contributed by atoms with E-state index in [1.54, 1.807) is 26.0 Å². The van der Waals surface area contributed by atoms with E-state index in [1.165, 1.54) is 6.26 Å². The number of benzene rings is 1. The van der Waals surface area contributed by atoms with Crippen LogP contribution in [0.5, 0.6) is 0 Å². The minimum atomic E-state index is -3.30. The Kier molecular flexibility index (Phi) is 2.89. The molecular weight excluding hydrogens is 286 g/mol. The van der Waals surface area contributed by atoms with Gasteiger partial charge in [0.25, 0.3) is 0 Å². The maximum absolute atomic E-state index is 12.1. The number of sulfone groups is 1. The number of hydrogen-bond donors (Lipinski definition) is 0. The number of rotatable bonds is 3. The first-order valence-electron chi connectivity index (χ1n) is 6.88. The molecule has 0 radical (unpaired) electrons. The van der Waals surface area contributed by atoms with Gasteiger partial charge in [0.2, 0.25) is 0 Å². The molecule has 21 heavy (non-hydrogen) atoms. The lowest BCUT2D eigenvalue weighted by Crippen LogP contribution is -2.31. The second-order valence-corrected chi connectivity index (χ2v) is 8.70. The van der Waals surface area contributed by atoms with Gasteiger partial charge in [0.15, 0.2) is 9.84 Å². The Morgan fingerprint density at radius 3 is 2.57 bits per heavy atom. The Morgan fingerprint density at radius 2 is 2.05 bits per heavy atom. The largest absolute Gasteiger partial charge is 0.324 e. The summed E-state index contributed by atoms with van der Waals surface area (Å²) in [6.07, 6.45) is 3.32. The third-order valence-corrected chi connectivity index (χ3v) is 6.23. The van der Waals surface area contributed by atoms with E-state index in [0.29, 0.717) is 22.9 Å². The van der Waals surface area contributed by atoms with Gasteiger partial charge in [-0.05, 0) is 44.9 Å². The van der Waals surface area contributed by atoms with Crippen LogP contribution in [0.25, 0.3) is 11.0 Å². The average molecular weight is 303 g/mol. The summed E-state index contributed by atoms with van der Waals surface area (Å²) in [4.78, 5) is 4.55. The third kappa shape index (κ3) is 2.12. The van der Waals surface area contributed by atoms with Crippen LogP contribution in [0.1, 0.15) is 44.1 Å². The van der Waals surface area contributed by atoms with Crippen LogP contribution in [0, 0.1) is 11.3 Å². The molecule has 0 amide bonds. The second kappa shape index (κ2) is 4.31. The van der Waals surface area contributed by atoms with Crippen molar-refractivity contribution < 1.29 is 8.42 Å². The lowest BCUT2D eigenvalue weighted by molar-refractivity contribution is 0.534. The van der Waals surface area contributed by atoms with Gasteiger partial charge in [-0.25, -0.2) is 13.4 Å². The summed E-state index contributed by atoms with van der Waals surface area (Å²) in [5, 5.41) is 9.00. The van der Waals surface area contributed by atoms with Crippen LogP contribution < -0.4 is 0 Å². The fourth-order valence-electron chi connectivity index (χ4n) is 2.46. The molecule has 0 spiro atoms. The number of nitriles is 1. The molecule has 1 saturated carbocycles. The molecule has 0 atom stereocenters. The van der Waals surface area contributed by atoms with E-state index in [4.69, 9.17) is 5.26 Å². The Morgan fingerprint density at radius 1 is 1.38 bits per heavy atom. The van der Waals surface area contributed by atoms with Crippen molar-refractivity contribution in [1.29, 1.82) is 5.26 Å². The van der Waals surface area contributed by atoms with Crippen molar-refractivity contribution in [2.45, 2.75) is 37.5 Å². The molecule has 1 heterocycles. The fourth-order valence-corrected chi connectivity index (χ4v) is 2.94. The molecule has 0 unspecified atom stereocenters. The number of imidazole rings is 1. The minimum absolute atomic E-state index is 0.318. The van der Waals surface area contributed by atoms with Gasteiger partial charge in [-0.2, -0.15) is 5.26 Å². The summed E-state index contributed by atoms with van der Waals surface area (Å²) in [6, 6.07) is 7.74. The van der Waals surface area contributed by atoms with E-state index in [9.17, 15) is 8.42 Å². The van der Waals surface area contributed by atoms with Crippen molar-refractivity contribution in [3.05, 3.63) is 29.6 Å². The van der Waals surface area contributed by atoms with E-state index < -0.39 is 14.6 Å². The highest BCUT2D eigenvalue weighted by atomic mass is 32.2. The minimum Gasteiger partial charge on any atom is -0.324 e. The summed E-state index contributed by atoms with van der Waals surface area (Å²) in [5.74, 6) is 0.567. The number of fused-ring (bicyclic) bond motifs is 1. The quantitative estimate of drug-likeness (QED) is 0.873. The molecule has 0 saturated heterocycles. The van der Waals surface area contributed by atoms with Gasteiger partial charge >= 0.3 is 0 Å². The van der Waals surface area contributed by atoms with Crippen LogP contribution in [0.15, 0.2) is 18.2 Å². The van der Waals surface area contributed by atoms with Crippen molar-refractivity contribution in [2.75, 3.05) is 6.26 Å². The van der Waals surface area contributed by atoms with Crippen molar-refractivity contribution in [2.24, 2.45) is 0 Å². The van der Waals surface area contributed by atoms with E-state index in [-0.39, 0.29) is 0 Å². The van der Waals surface area contributed by atoms with Gasteiger partial charge < -0.3 is 4.57 Å². The third-order valence-electron chi connectivity index (χ3n) is 4.20. The number of aromatic nitrogens is 2. The molecule has 3 rings (SSSR count). The lowest BCUT2D eigenvalue weighted by Gasteiger charge is -2.23. The zero-order valence-electron chi connectivity index (χ0n) is 12.3. The van der Waals surface area contributed by atoms with Crippen LogP contribution in [0.2, 0.25) is 0 Å². The number of hydrogen-bond acceptors (Lipinski definition) is 4. The Bertz CT molecular complexity index is 868. The van der Waals surface area contributed by atoms with Gasteiger partial charge in [0.1, 0.15) is 10.6 Å². The van der Waals surface area contributed by atoms with E-state index in [1.807, 2.05) is 10.6 Å². The monoisotopic (exact) mass is 303 g/mol. The molecule has 1 aromatic heterocycles. The molecule has 0 aliphatic heterocycles. The summed E-state index contributed by atoms with van der Waals surface area (Å²) in [5.41, 5.74) is 2.13. The molecule has 0 bridgehead atoms. The van der Waals surface area contributed by atoms with Crippen LogP contribution in [0.4, 0.5) is 0 Å². The first-order chi connectivity index (χ1) is 9.75. The Labute approximate surface area is 124 Å². The van der Waals surface area contributed by atoms with Gasteiger partial charge in [-0.3, -0.25) is 0 Å². The smallest absolute Gasteiger partial charge is 0.159 e. The van der Waals surface area contributed by atoms with Crippen molar-refractivity contribution in [3.8, 4) is 6.07 Å². The van der Waals surface area contributed by atoms with Crippen LogP contribution >= 0.6 is 0 Å². The summed E-state index contributed by atoms with van der Waals surface area (Å²) in [7, 11) is -3.30. The highest BCUT2D eigenvalue weighted by molar-refractivity contribution is 7.91. The molecule has 1 aromatic carbocycles. The first-order valence-corrected chi connectivity index (χ1v) is 8.77. The van der Waals surface area contributed by atoms with E-state index >= 15 is 0 Å². The molecule has 2 aromatic rings. The molecule has 110 valence electrons. The normalized spacial score (nSPS) is 16.1. The molecule has 1 fully saturated rings. The van der Waals surface area contributed by atoms with Crippen molar-refractivity contribution in [1.82, 2.24) is 9.55 Å². The van der Waals surface area contributed by atoms with Crippen LogP contribution in [-0.2, 0) is 14.6 Å². The molecule has 0 N–H and O–H groups in total. The predicted molar refractivity (Wildman–Crippen MR) is 80.6 cm³/mol. The predicted octanol–water partition coefficient (Wildman–Crippen LogP) is 2.52. The molecular formula is C15H17N3O2S. The van der Waals surface area contributed by atoms with Crippen LogP contribution in [0.3, 0.4) is 0 Å². The van der Waals surface area contributed by atoms with Crippen molar-refractivity contribution >= 4 is 20.9 Å². The summed E-state index contributed by atoms with van der Waals surface area (Å²) >= 11 is 0. The summed E-state index contributed by atoms with van der Waals surface area (Å²) in [6.45, 7) is 3.38. The first kappa shape index (κ1) is 14.1. The zero-order chi connectivity index (χ0) is 15.4. The highest BCUT2D eigenvalue weighted by Crippen LogP contribution is 2.42. The molecule has 1 aliphatic rings. The van der Waals surface area contributed by atoms with E-state index in [2.05, 4.69) is 11.1 Å². The topological polar surface area (TPSA) is 75.8 Å². The van der Waals surface area contributed by atoms with Gasteiger partial charge in [-0.15, -0.1) is 0 Å². The Hall–Kier alpha value is -1.87. The standard InChI is InChI=1S/C15H17N3O2S/c1-15(2,21(3,19)20)14-17-12-8-10(9-16)4-7-13(12)18(14)11-5-6-11/h4,7-8,11H,5-6H2,1-3H3. The average Bonchev–Trinajstić information content (AvgIpc) is 3.16. The van der Waals surface area contributed by atoms with E-state index in [0.717, 1.165) is 18.4 Å². The second-order valence-electron chi connectivity index (χ2n) is 6.13. The molecule has 6 heteroatoms. The van der Waals surface area contributed by atoms with Gasteiger partial charge in [0.05, 0.1) is 22.7 Å². The SMILES string of the molecule is CC(C)(c1nc2cc(C#N)ccc2n1C1CC1)S(C)(=O)=O. The Balaban J connectivity index is 2.33. The highest BCUT2D eigenvalue weighted by Gasteiger charge is 2.40. The van der Waals surface area contributed by atoms with Crippen molar-refractivity contribution in [3.63, 3.8) is 0 Å². The summed E-state index contributed by atoms with van der Waals surface area (Å²) < 4.78 is 25.3. The zero-order valence-corrected chi connectivity index (χ0v) is 13.1. The van der Waals surface area contributed by atoms with Gasteiger partial charge in [-0.1, -0.05) is 0 Å². The van der Waals surface area contributed by atoms with Gasteiger partial charge in [0, 0.05) is 12.3 Å².